The second-order valence-electron chi connectivity index (χ2n) is 4.03. The molecule has 0 fully saturated rings. The number of aromatic nitrogens is 1. The van der Waals surface area contributed by atoms with Gasteiger partial charge in [0.1, 0.15) is 0 Å². The van der Waals surface area contributed by atoms with Crippen molar-refractivity contribution in [3.63, 3.8) is 0 Å². The smallest absolute Gasteiger partial charge is 0.0755 e. The van der Waals surface area contributed by atoms with Gasteiger partial charge in [0.05, 0.1) is 11.2 Å². The van der Waals surface area contributed by atoms with E-state index in [1.165, 1.54) is 5.56 Å². The quantitative estimate of drug-likeness (QED) is 0.598. The number of anilines is 1. The van der Waals surface area contributed by atoms with E-state index in [0.717, 1.165) is 34.3 Å². The maximum absolute atomic E-state index is 5.61. The minimum Gasteiger partial charge on any atom is -0.323 e. The molecule has 0 spiro atoms. The molecule has 3 heteroatoms. The van der Waals surface area contributed by atoms with E-state index in [2.05, 4.69) is 38.3 Å². The predicted octanol–water partition coefficient (Wildman–Crippen LogP) is 2.70. The molecule has 3 N–H and O–H groups in total. The highest BCUT2D eigenvalue weighted by Crippen LogP contribution is 2.29. The molecule has 16 heavy (non-hydrogen) atoms. The Morgan fingerprint density at radius 3 is 2.69 bits per heavy atom. The summed E-state index contributed by atoms with van der Waals surface area (Å²) in [5.41, 5.74) is 8.26. The van der Waals surface area contributed by atoms with Crippen LogP contribution in [0.15, 0.2) is 18.2 Å². The number of nitrogens with two attached hydrogens (primary N) is 1. The van der Waals surface area contributed by atoms with Gasteiger partial charge in [-0.3, -0.25) is 10.8 Å². The van der Waals surface area contributed by atoms with E-state index in [0.29, 0.717) is 0 Å². The molecular weight excluding hydrogens is 198 g/mol. The number of benzene rings is 1. The standard InChI is InChI=1S/C13H17N3/c1-4-11-9(3)13(16-14)10-7-5-6-8(2)12(10)15-11/h5-7H,4,14H2,1-3H3,(H,15,16). The molecule has 0 aliphatic carbocycles. The molecule has 0 saturated carbocycles. The lowest BCUT2D eigenvalue weighted by Gasteiger charge is -2.13. The molecule has 2 aromatic rings. The van der Waals surface area contributed by atoms with Crippen molar-refractivity contribution in [2.75, 3.05) is 5.43 Å². The Hall–Kier alpha value is -1.61. The third kappa shape index (κ3) is 1.53. The van der Waals surface area contributed by atoms with Crippen LogP contribution in [0.5, 0.6) is 0 Å². The van der Waals surface area contributed by atoms with Crippen molar-refractivity contribution in [3.8, 4) is 0 Å². The average molecular weight is 215 g/mol. The fourth-order valence-electron chi connectivity index (χ4n) is 2.10. The van der Waals surface area contributed by atoms with E-state index < -0.39 is 0 Å². The maximum atomic E-state index is 5.61. The van der Waals surface area contributed by atoms with Crippen LogP contribution in [0, 0.1) is 13.8 Å². The molecule has 0 bridgehead atoms. The first kappa shape index (κ1) is 10.9. The van der Waals surface area contributed by atoms with Crippen LogP contribution in [-0.2, 0) is 6.42 Å². The van der Waals surface area contributed by atoms with Crippen LogP contribution in [0.4, 0.5) is 5.69 Å². The largest absolute Gasteiger partial charge is 0.323 e. The normalized spacial score (nSPS) is 10.8. The number of rotatable bonds is 2. The molecular formula is C13H17N3. The molecule has 84 valence electrons. The summed E-state index contributed by atoms with van der Waals surface area (Å²) in [5.74, 6) is 5.61. The molecule has 3 nitrogen and oxygen atoms in total. The Bertz CT molecular complexity index is 532. The van der Waals surface area contributed by atoms with Crippen molar-refractivity contribution >= 4 is 16.6 Å². The summed E-state index contributed by atoms with van der Waals surface area (Å²) < 4.78 is 0. The van der Waals surface area contributed by atoms with Gasteiger partial charge in [-0.25, -0.2) is 0 Å². The second-order valence-corrected chi connectivity index (χ2v) is 4.03. The number of hydrazine groups is 1. The van der Waals surface area contributed by atoms with Crippen molar-refractivity contribution in [1.29, 1.82) is 0 Å². The Morgan fingerprint density at radius 1 is 1.31 bits per heavy atom. The van der Waals surface area contributed by atoms with Crippen LogP contribution < -0.4 is 11.3 Å². The van der Waals surface area contributed by atoms with Crippen LogP contribution in [0.1, 0.15) is 23.7 Å². The lowest BCUT2D eigenvalue weighted by Crippen LogP contribution is -2.11. The summed E-state index contributed by atoms with van der Waals surface area (Å²) in [7, 11) is 0. The van der Waals surface area contributed by atoms with E-state index in [9.17, 15) is 0 Å². The van der Waals surface area contributed by atoms with Gasteiger partial charge in [-0.1, -0.05) is 25.1 Å². The number of para-hydroxylation sites is 1. The summed E-state index contributed by atoms with van der Waals surface area (Å²) in [6, 6.07) is 6.16. The van der Waals surface area contributed by atoms with E-state index in [1.54, 1.807) is 0 Å². The number of hydrogen-bond donors (Lipinski definition) is 2. The molecule has 0 unspecified atom stereocenters. The zero-order valence-electron chi connectivity index (χ0n) is 9.96. The lowest BCUT2D eigenvalue weighted by molar-refractivity contribution is 1.03. The van der Waals surface area contributed by atoms with Crippen molar-refractivity contribution in [3.05, 3.63) is 35.0 Å². The third-order valence-electron chi connectivity index (χ3n) is 3.04. The first-order valence-corrected chi connectivity index (χ1v) is 5.54. The number of nitrogens with one attached hydrogen (secondary N) is 1. The van der Waals surface area contributed by atoms with Crippen molar-refractivity contribution in [2.24, 2.45) is 5.84 Å². The van der Waals surface area contributed by atoms with Crippen LogP contribution >= 0.6 is 0 Å². The Labute approximate surface area is 95.7 Å². The number of aryl methyl sites for hydroxylation is 2. The van der Waals surface area contributed by atoms with Gasteiger partial charge in [0, 0.05) is 11.1 Å². The SMILES string of the molecule is CCc1nc2c(C)cccc2c(NN)c1C. The number of fused-ring (bicyclic) bond motifs is 1. The van der Waals surface area contributed by atoms with Gasteiger partial charge in [-0.05, 0) is 31.4 Å². The number of nitrogens with zero attached hydrogens (tertiary/aromatic N) is 1. The number of nitrogen functional groups attached to an aromatic ring is 1. The maximum Gasteiger partial charge on any atom is 0.0755 e. The van der Waals surface area contributed by atoms with E-state index in [1.807, 2.05) is 6.07 Å². The molecule has 2 rings (SSSR count). The Balaban J connectivity index is 2.89. The molecule has 0 saturated heterocycles. The van der Waals surface area contributed by atoms with Crippen LogP contribution in [0.25, 0.3) is 10.9 Å². The molecule has 1 aromatic carbocycles. The number of pyridine rings is 1. The minimum atomic E-state index is 0.921. The van der Waals surface area contributed by atoms with Gasteiger partial charge in [0.25, 0.3) is 0 Å². The molecule has 0 radical (unpaired) electrons. The summed E-state index contributed by atoms with van der Waals surface area (Å²) >= 11 is 0. The second kappa shape index (κ2) is 4.10. The van der Waals surface area contributed by atoms with Gasteiger partial charge in [0.2, 0.25) is 0 Å². The highest BCUT2D eigenvalue weighted by Gasteiger charge is 2.10. The summed E-state index contributed by atoms with van der Waals surface area (Å²) in [6.07, 6.45) is 0.921. The molecule has 1 heterocycles. The minimum absolute atomic E-state index is 0.921. The molecule has 0 amide bonds. The highest BCUT2D eigenvalue weighted by atomic mass is 15.2. The van der Waals surface area contributed by atoms with Gasteiger partial charge >= 0.3 is 0 Å². The first-order chi connectivity index (χ1) is 7.69. The van der Waals surface area contributed by atoms with Gasteiger partial charge in [-0.15, -0.1) is 0 Å². The average Bonchev–Trinajstić information content (AvgIpc) is 2.29. The highest BCUT2D eigenvalue weighted by molar-refractivity contribution is 5.94. The van der Waals surface area contributed by atoms with Crippen LogP contribution in [0.2, 0.25) is 0 Å². The summed E-state index contributed by atoms with van der Waals surface area (Å²) in [5, 5.41) is 1.09. The zero-order valence-corrected chi connectivity index (χ0v) is 9.96. The Kier molecular flexibility index (Phi) is 2.79. The third-order valence-corrected chi connectivity index (χ3v) is 3.04. The lowest BCUT2D eigenvalue weighted by atomic mass is 10.0. The fraction of sp³-hybridized carbons (Fsp3) is 0.308. The van der Waals surface area contributed by atoms with Gasteiger partial charge in [-0.2, -0.15) is 0 Å². The van der Waals surface area contributed by atoms with E-state index in [4.69, 9.17) is 10.8 Å². The molecule has 1 aromatic heterocycles. The number of hydrogen-bond acceptors (Lipinski definition) is 3. The molecule has 0 aliphatic heterocycles. The van der Waals surface area contributed by atoms with Gasteiger partial charge in [0.15, 0.2) is 0 Å². The van der Waals surface area contributed by atoms with Crippen molar-refractivity contribution in [2.45, 2.75) is 27.2 Å². The predicted molar refractivity (Wildman–Crippen MR) is 68.4 cm³/mol. The van der Waals surface area contributed by atoms with Crippen LogP contribution in [-0.4, -0.2) is 4.98 Å². The van der Waals surface area contributed by atoms with Gasteiger partial charge < -0.3 is 5.43 Å². The van der Waals surface area contributed by atoms with Crippen molar-refractivity contribution < 1.29 is 0 Å². The van der Waals surface area contributed by atoms with Crippen molar-refractivity contribution in [1.82, 2.24) is 4.98 Å². The van der Waals surface area contributed by atoms with E-state index in [-0.39, 0.29) is 0 Å². The molecule has 0 aliphatic rings. The monoisotopic (exact) mass is 215 g/mol. The Morgan fingerprint density at radius 2 is 2.06 bits per heavy atom. The zero-order chi connectivity index (χ0) is 11.7. The molecule has 0 atom stereocenters. The fourth-order valence-corrected chi connectivity index (χ4v) is 2.10. The summed E-state index contributed by atoms with van der Waals surface area (Å²) in [4.78, 5) is 4.71. The first-order valence-electron chi connectivity index (χ1n) is 5.54. The summed E-state index contributed by atoms with van der Waals surface area (Å²) in [6.45, 7) is 6.24. The van der Waals surface area contributed by atoms with E-state index >= 15 is 0 Å². The topological polar surface area (TPSA) is 50.9 Å². The van der Waals surface area contributed by atoms with Crippen LogP contribution in [0.3, 0.4) is 0 Å².